The molecule has 0 atom stereocenters. The maximum absolute atomic E-state index is 12.1. The van der Waals surface area contributed by atoms with Gasteiger partial charge in [0, 0.05) is 5.56 Å². The van der Waals surface area contributed by atoms with Crippen LogP contribution in [0.15, 0.2) is 35.4 Å². The van der Waals surface area contributed by atoms with E-state index in [1.54, 1.807) is 36.9 Å². The van der Waals surface area contributed by atoms with Crippen LogP contribution in [0.5, 0.6) is 11.5 Å². The van der Waals surface area contributed by atoms with Gasteiger partial charge in [-0.1, -0.05) is 23.1 Å². The van der Waals surface area contributed by atoms with Gasteiger partial charge in [-0.15, -0.1) is 20.4 Å². The predicted octanol–water partition coefficient (Wildman–Crippen LogP) is 2.70. The molecule has 0 bridgehead atoms. The fraction of sp³-hybridized carbons (Fsp3) is 0.222. The number of ether oxygens (including phenoxy) is 2. The number of amides is 1. The van der Waals surface area contributed by atoms with Crippen LogP contribution in [0, 0.1) is 6.92 Å². The summed E-state index contributed by atoms with van der Waals surface area (Å²) in [5.41, 5.74) is 1.37. The van der Waals surface area contributed by atoms with E-state index in [1.807, 2.05) is 19.1 Å². The van der Waals surface area contributed by atoms with Gasteiger partial charge in [0.15, 0.2) is 23.0 Å². The molecule has 0 fully saturated rings. The molecule has 0 saturated heterocycles. The van der Waals surface area contributed by atoms with Gasteiger partial charge in [0.25, 0.3) is 0 Å². The van der Waals surface area contributed by atoms with Gasteiger partial charge >= 0.3 is 0 Å². The molecule has 0 saturated carbocycles. The van der Waals surface area contributed by atoms with Crippen LogP contribution in [0.25, 0.3) is 17.0 Å². The smallest absolute Gasteiger partial charge is 0.236 e. The molecule has 0 unspecified atom stereocenters. The third-order valence-electron chi connectivity index (χ3n) is 4.00. The molecule has 1 amide bonds. The number of hydrogen-bond acceptors (Lipinski definition) is 10. The molecule has 0 spiro atoms. The van der Waals surface area contributed by atoms with Crippen molar-refractivity contribution in [3.05, 3.63) is 35.3 Å². The quantitative estimate of drug-likeness (QED) is 0.430. The van der Waals surface area contributed by atoms with Crippen molar-refractivity contribution < 1.29 is 14.3 Å². The van der Waals surface area contributed by atoms with E-state index >= 15 is 0 Å². The molecule has 4 aromatic rings. The average molecular weight is 444 g/mol. The molecular formula is C18H17N7O3S2. The van der Waals surface area contributed by atoms with Crippen molar-refractivity contribution in [2.75, 3.05) is 25.3 Å². The number of rotatable bonds is 7. The molecule has 1 aromatic carbocycles. The van der Waals surface area contributed by atoms with Crippen LogP contribution in [0.2, 0.25) is 0 Å². The summed E-state index contributed by atoms with van der Waals surface area (Å²) in [7, 11) is 3.15. The Hall–Kier alpha value is -3.25. The molecule has 1 N–H and O–H groups in total. The minimum absolute atomic E-state index is 0.179. The molecule has 4 rings (SSSR count). The summed E-state index contributed by atoms with van der Waals surface area (Å²) in [6.45, 7) is 1.83. The van der Waals surface area contributed by atoms with Crippen molar-refractivity contribution in [2.24, 2.45) is 0 Å². The highest BCUT2D eigenvalue weighted by atomic mass is 32.2. The van der Waals surface area contributed by atoms with E-state index in [0.717, 1.165) is 10.6 Å². The van der Waals surface area contributed by atoms with E-state index in [1.165, 1.54) is 23.1 Å². The summed E-state index contributed by atoms with van der Waals surface area (Å²) in [5.74, 6) is 1.77. The first-order valence-electron chi connectivity index (χ1n) is 8.75. The zero-order valence-electron chi connectivity index (χ0n) is 16.3. The summed E-state index contributed by atoms with van der Waals surface area (Å²) >= 11 is 2.63. The highest BCUT2D eigenvalue weighted by molar-refractivity contribution is 7.99. The summed E-state index contributed by atoms with van der Waals surface area (Å²) in [4.78, 5) is 12.1. The second kappa shape index (κ2) is 8.63. The minimum Gasteiger partial charge on any atom is -0.493 e. The van der Waals surface area contributed by atoms with Gasteiger partial charge < -0.3 is 9.47 Å². The van der Waals surface area contributed by atoms with Crippen molar-refractivity contribution in [3.8, 4) is 22.9 Å². The lowest BCUT2D eigenvalue weighted by atomic mass is 10.2. The SMILES string of the molecule is COc1ccc(-c2nnc3ccc(SCC(=O)Nc4nnc(C)s4)nn23)cc1OC. The Morgan fingerprint density at radius 3 is 2.67 bits per heavy atom. The second-order valence-corrected chi connectivity index (χ2v) is 8.18. The molecule has 10 nitrogen and oxygen atoms in total. The van der Waals surface area contributed by atoms with Crippen LogP contribution in [0.1, 0.15) is 5.01 Å². The van der Waals surface area contributed by atoms with Crippen LogP contribution >= 0.6 is 23.1 Å². The Morgan fingerprint density at radius 2 is 1.93 bits per heavy atom. The number of carbonyl (C=O) groups excluding carboxylic acids is 1. The van der Waals surface area contributed by atoms with Gasteiger partial charge in [-0.2, -0.15) is 9.61 Å². The normalized spacial score (nSPS) is 10.9. The first-order valence-corrected chi connectivity index (χ1v) is 10.5. The topological polar surface area (TPSA) is 116 Å². The monoisotopic (exact) mass is 443 g/mol. The Bertz CT molecular complexity index is 1210. The lowest BCUT2D eigenvalue weighted by Crippen LogP contribution is -2.14. The van der Waals surface area contributed by atoms with Crippen molar-refractivity contribution >= 4 is 39.8 Å². The summed E-state index contributed by atoms with van der Waals surface area (Å²) in [6, 6.07) is 9.08. The maximum atomic E-state index is 12.1. The third kappa shape index (κ3) is 4.19. The minimum atomic E-state index is -0.179. The fourth-order valence-corrected chi connectivity index (χ4v) is 3.91. The zero-order chi connectivity index (χ0) is 21.1. The van der Waals surface area contributed by atoms with Crippen molar-refractivity contribution in [1.29, 1.82) is 0 Å². The maximum Gasteiger partial charge on any atom is 0.236 e. The summed E-state index contributed by atoms with van der Waals surface area (Å²) < 4.78 is 12.3. The molecule has 0 aliphatic rings. The highest BCUT2D eigenvalue weighted by Gasteiger charge is 2.14. The molecule has 30 heavy (non-hydrogen) atoms. The molecule has 3 heterocycles. The fourth-order valence-electron chi connectivity index (χ4n) is 2.65. The van der Waals surface area contributed by atoms with E-state index in [2.05, 4.69) is 30.8 Å². The molecule has 0 aliphatic heterocycles. The van der Waals surface area contributed by atoms with Crippen LogP contribution in [-0.2, 0) is 4.79 Å². The standard InChI is InChI=1S/C18H17N7O3S2/c1-10-20-23-18(30-10)19-15(26)9-29-16-7-6-14-21-22-17(25(14)24-16)11-4-5-12(27-2)13(8-11)28-3/h4-8H,9H2,1-3H3,(H,19,23,26). The number of carbonyl (C=O) groups is 1. The van der Waals surface area contributed by atoms with Crippen LogP contribution < -0.4 is 14.8 Å². The largest absolute Gasteiger partial charge is 0.493 e. The molecule has 154 valence electrons. The number of aryl methyl sites for hydroxylation is 1. The van der Waals surface area contributed by atoms with Crippen molar-refractivity contribution in [1.82, 2.24) is 30.0 Å². The lowest BCUT2D eigenvalue weighted by molar-refractivity contribution is -0.113. The Kier molecular flexibility index (Phi) is 5.77. The number of benzene rings is 1. The van der Waals surface area contributed by atoms with E-state index in [-0.39, 0.29) is 11.7 Å². The molecule has 0 radical (unpaired) electrons. The summed E-state index contributed by atoms with van der Waals surface area (Å²) in [5, 5.41) is 25.4. The lowest BCUT2D eigenvalue weighted by Gasteiger charge is -2.08. The number of nitrogens with one attached hydrogen (secondary N) is 1. The second-order valence-electron chi connectivity index (χ2n) is 6.00. The number of aromatic nitrogens is 6. The van der Waals surface area contributed by atoms with E-state index < -0.39 is 0 Å². The van der Waals surface area contributed by atoms with E-state index in [4.69, 9.17) is 9.47 Å². The summed E-state index contributed by atoms with van der Waals surface area (Å²) in [6.07, 6.45) is 0. The number of anilines is 1. The molecule has 0 aliphatic carbocycles. The van der Waals surface area contributed by atoms with Gasteiger partial charge in [0.1, 0.15) is 10.0 Å². The molecule has 12 heteroatoms. The number of hydrogen-bond donors (Lipinski definition) is 1. The molecular weight excluding hydrogens is 426 g/mol. The van der Waals surface area contributed by atoms with Crippen LogP contribution in [-0.4, -0.2) is 55.9 Å². The van der Waals surface area contributed by atoms with Gasteiger partial charge in [-0.05, 0) is 37.3 Å². The van der Waals surface area contributed by atoms with Crippen molar-refractivity contribution in [3.63, 3.8) is 0 Å². The Morgan fingerprint density at radius 1 is 1.10 bits per heavy atom. The average Bonchev–Trinajstić information content (AvgIpc) is 3.37. The van der Waals surface area contributed by atoms with Crippen LogP contribution in [0.3, 0.4) is 0 Å². The number of thioether (sulfide) groups is 1. The van der Waals surface area contributed by atoms with Crippen molar-refractivity contribution in [2.45, 2.75) is 11.9 Å². The third-order valence-corrected chi connectivity index (χ3v) is 5.68. The van der Waals surface area contributed by atoms with Gasteiger partial charge in [-0.3, -0.25) is 10.1 Å². The number of methoxy groups -OCH3 is 2. The number of fused-ring (bicyclic) bond motifs is 1. The first-order chi connectivity index (χ1) is 14.6. The first kappa shape index (κ1) is 20.0. The highest BCUT2D eigenvalue weighted by Crippen LogP contribution is 2.31. The number of nitrogens with zero attached hydrogens (tertiary/aromatic N) is 6. The van der Waals surface area contributed by atoms with E-state index in [0.29, 0.717) is 33.1 Å². The van der Waals surface area contributed by atoms with Gasteiger partial charge in [0.2, 0.25) is 11.0 Å². The Labute approximate surface area is 179 Å². The van der Waals surface area contributed by atoms with Gasteiger partial charge in [-0.25, -0.2) is 0 Å². The predicted molar refractivity (Wildman–Crippen MR) is 113 cm³/mol. The Balaban J connectivity index is 1.53. The van der Waals surface area contributed by atoms with E-state index in [9.17, 15) is 4.79 Å². The molecule has 3 aromatic heterocycles. The zero-order valence-corrected chi connectivity index (χ0v) is 18.0. The van der Waals surface area contributed by atoms with Crippen LogP contribution in [0.4, 0.5) is 5.13 Å². The van der Waals surface area contributed by atoms with Gasteiger partial charge in [0.05, 0.1) is 20.0 Å².